The van der Waals surface area contributed by atoms with Crippen LogP contribution in [0, 0.1) is 19.3 Å². The first-order chi connectivity index (χ1) is 12.1. The summed E-state index contributed by atoms with van der Waals surface area (Å²) in [5.41, 5.74) is 3.07. The molecule has 2 rings (SSSR count). The third kappa shape index (κ3) is 5.79. The molecule has 5 nitrogen and oxygen atoms in total. The molecule has 128 valence electrons. The zero-order valence-electron chi connectivity index (χ0n) is 14.1. The van der Waals surface area contributed by atoms with Gasteiger partial charge in [0, 0.05) is 6.54 Å². The number of rotatable bonds is 7. The van der Waals surface area contributed by atoms with Crippen LogP contribution in [0.3, 0.4) is 0 Å². The second kappa shape index (κ2) is 9.26. The molecular formula is C20H21N3O2. The Kier molecular flexibility index (Phi) is 6.76. The molecule has 2 amide bonds. The summed E-state index contributed by atoms with van der Waals surface area (Å²) in [4.78, 5) is 24.3. The Morgan fingerprint density at radius 1 is 1.08 bits per heavy atom. The molecule has 2 aromatic rings. The van der Waals surface area contributed by atoms with Gasteiger partial charge in [0.2, 0.25) is 5.91 Å². The van der Waals surface area contributed by atoms with Crippen LogP contribution in [0.25, 0.3) is 0 Å². The standard InChI is InChI=1S/C20H21N3O2/c1-3-12-21-14-19(24)23-18-7-5-4-6-17(18)20(25)22-13-16-10-8-15(2)9-11-16/h1,4-11,21H,12-14H2,2H3,(H,22,25)(H,23,24). The number of amides is 2. The van der Waals surface area contributed by atoms with Crippen LogP contribution in [0.15, 0.2) is 48.5 Å². The van der Waals surface area contributed by atoms with Gasteiger partial charge in [0.1, 0.15) is 0 Å². The topological polar surface area (TPSA) is 70.2 Å². The van der Waals surface area contributed by atoms with Gasteiger partial charge in [-0.1, -0.05) is 47.9 Å². The van der Waals surface area contributed by atoms with E-state index in [0.29, 0.717) is 24.3 Å². The maximum Gasteiger partial charge on any atom is 0.253 e. The highest BCUT2D eigenvalue weighted by Crippen LogP contribution is 2.15. The summed E-state index contributed by atoms with van der Waals surface area (Å²) in [6.45, 7) is 2.83. The minimum Gasteiger partial charge on any atom is -0.348 e. The van der Waals surface area contributed by atoms with E-state index in [2.05, 4.69) is 21.9 Å². The average molecular weight is 335 g/mol. The van der Waals surface area contributed by atoms with Gasteiger partial charge in [0.05, 0.1) is 24.3 Å². The maximum absolute atomic E-state index is 12.4. The fourth-order valence-electron chi connectivity index (χ4n) is 2.22. The van der Waals surface area contributed by atoms with E-state index in [-0.39, 0.29) is 18.4 Å². The van der Waals surface area contributed by atoms with Crippen molar-refractivity contribution < 1.29 is 9.59 Å². The Labute approximate surface area is 147 Å². The summed E-state index contributed by atoms with van der Waals surface area (Å²) in [5, 5.41) is 8.40. The van der Waals surface area contributed by atoms with Gasteiger partial charge in [-0.3, -0.25) is 14.9 Å². The molecule has 0 spiro atoms. The number of carbonyl (C=O) groups is 2. The third-order valence-corrected chi connectivity index (χ3v) is 3.53. The highest BCUT2D eigenvalue weighted by Gasteiger charge is 2.12. The van der Waals surface area contributed by atoms with Crippen LogP contribution >= 0.6 is 0 Å². The van der Waals surface area contributed by atoms with E-state index in [9.17, 15) is 9.59 Å². The number of hydrogen-bond acceptors (Lipinski definition) is 3. The number of nitrogens with one attached hydrogen (secondary N) is 3. The molecule has 3 N–H and O–H groups in total. The largest absolute Gasteiger partial charge is 0.348 e. The van der Waals surface area contributed by atoms with Crippen LogP contribution in [0.4, 0.5) is 5.69 Å². The molecule has 2 aromatic carbocycles. The summed E-state index contributed by atoms with van der Waals surface area (Å²) >= 11 is 0. The van der Waals surface area contributed by atoms with E-state index in [0.717, 1.165) is 5.56 Å². The lowest BCUT2D eigenvalue weighted by Crippen LogP contribution is -2.30. The maximum atomic E-state index is 12.4. The summed E-state index contributed by atoms with van der Waals surface area (Å²) in [6.07, 6.45) is 5.12. The minimum atomic E-state index is -0.256. The fraction of sp³-hybridized carbons (Fsp3) is 0.200. The lowest BCUT2D eigenvalue weighted by molar-refractivity contribution is -0.115. The minimum absolute atomic E-state index is 0.0868. The van der Waals surface area contributed by atoms with Gasteiger partial charge >= 0.3 is 0 Å². The van der Waals surface area contributed by atoms with E-state index in [4.69, 9.17) is 6.42 Å². The number of aryl methyl sites for hydroxylation is 1. The summed E-state index contributed by atoms with van der Waals surface area (Å²) in [6, 6.07) is 14.8. The van der Waals surface area contributed by atoms with Gasteiger partial charge in [0.15, 0.2) is 0 Å². The van der Waals surface area contributed by atoms with Crippen LogP contribution in [-0.4, -0.2) is 24.9 Å². The number of carbonyl (C=O) groups excluding carboxylic acids is 2. The number of para-hydroxylation sites is 1. The lowest BCUT2D eigenvalue weighted by atomic mass is 10.1. The zero-order valence-corrected chi connectivity index (χ0v) is 14.1. The Bertz CT molecular complexity index is 776. The van der Waals surface area contributed by atoms with Crippen molar-refractivity contribution in [3.8, 4) is 12.3 Å². The predicted molar refractivity (Wildman–Crippen MR) is 99.1 cm³/mol. The fourth-order valence-corrected chi connectivity index (χ4v) is 2.22. The molecule has 5 heteroatoms. The van der Waals surface area contributed by atoms with Gasteiger partial charge in [-0.15, -0.1) is 6.42 Å². The molecular weight excluding hydrogens is 314 g/mol. The van der Waals surface area contributed by atoms with Crippen molar-refractivity contribution in [2.75, 3.05) is 18.4 Å². The van der Waals surface area contributed by atoms with Gasteiger partial charge in [-0.25, -0.2) is 0 Å². The molecule has 25 heavy (non-hydrogen) atoms. The Hall–Kier alpha value is -3.10. The van der Waals surface area contributed by atoms with Crippen LogP contribution < -0.4 is 16.0 Å². The monoisotopic (exact) mass is 335 g/mol. The van der Waals surface area contributed by atoms with E-state index >= 15 is 0 Å². The Balaban J connectivity index is 1.98. The predicted octanol–water partition coefficient (Wildman–Crippen LogP) is 2.09. The van der Waals surface area contributed by atoms with Gasteiger partial charge in [0.25, 0.3) is 5.91 Å². The molecule has 0 radical (unpaired) electrons. The van der Waals surface area contributed by atoms with Crippen molar-refractivity contribution in [3.63, 3.8) is 0 Å². The van der Waals surface area contributed by atoms with E-state index < -0.39 is 0 Å². The molecule has 0 atom stereocenters. The van der Waals surface area contributed by atoms with Crippen molar-refractivity contribution in [1.82, 2.24) is 10.6 Å². The van der Waals surface area contributed by atoms with E-state index in [1.807, 2.05) is 31.2 Å². The molecule has 0 saturated heterocycles. The highest BCUT2D eigenvalue weighted by molar-refractivity contribution is 6.04. The molecule has 0 unspecified atom stereocenters. The molecule has 0 heterocycles. The van der Waals surface area contributed by atoms with Crippen molar-refractivity contribution in [2.24, 2.45) is 0 Å². The quantitative estimate of drug-likeness (QED) is 0.536. The van der Waals surface area contributed by atoms with Crippen molar-refractivity contribution >= 4 is 17.5 Å². The van der Waals surface area contributed by atoms with Gasteiger partial charge in [-0.05, 0) is 24.6 Å². The number of hydrogen-bond donors (Lipinski definition) is 3. The first-order valence-corrected chi connectivity index (χ1v) is 7.97. The first-order valence-electron chi connectivity index (χ1n) is 7.97. The van der Waals surface area contributed by atoms with Crippen LogP contribution in [0.5, 0.6) is 0 Å². The summed E-state index contributed by atoms with van der Waals surface area (Å²) in [7, 11) is 0. The molecule has 0 aliphatic heterocycles. The van der Waals surface area contributed by atoms with Crippen molar-refractivity contribution in [3.05, 3.63) is 65.2 Å². The van der Waals surface area contributed by atoms with Crippen LogP contribution in [0.1, 0.15) is 21.5 Å². The third-order valence-electron chi connectivity index (χ3n) is 3.53. The lowest BCUT2D eigenvalue weighted by Gasteiger charge is -2.12. The second-order valence-electron chi connectivity index (χ2n) is 5.57. The first kappa shape index (κ1) is 18.2. The molecule has 0 saturated carbocycles. The zero-order chi connectivity index (χ0) is 18.1. The van der Waals surface area contributed by atoms with Crippen LogP contribution in [0.2, 0.25) is 0 Å². The van der Waals surface area contributed by atoms with Crippen LogP contribution in [-0.2, 0) is 11.3 Å². The van der Waals surface area contributed by atoms with Gasteiger partial charge in [-0.2, -0.15) is 0 Å². The summed E-state index contributed by atoms with van der Waals surface area (Å²) in [5.74, 6) is 1.90. The number of benzene rings is 2. The summed E-state index contributed by atoms with van der Waals surface area (Å²) < 4.78 is 0. The molecule has 0 aromatic heterocycles. The Morgan fingerprint density at radius 2 is 1.80 bits per heavy atom. The SMILES string of the molecule is C#CCNCC(=O)Nc1ccccc1C(=O)NCc1ccc(C)cc1. The smallest absolute Gasteiger partial charge is 0.253 e. The molecule has 0 aliphatic rings. The van der Waals surface area contributed by atoms with E-state index in [1.165, 1.54) is 5.56 Å². The average Bonchev–Trinajstić information content (AvgIpc) is 2.61. The van der Waals surface area contributed by atoms with Gasteiger partial charge < -0.3 is 10.6 Å². The molecule has 0 fully saturated rings. The highest BCUT2D eigenvalue weighted by atomic mass is 16.2. The normalized spacial score (nSPS) is 9.92. The Morgan fingerprint density at radius 3 is 2.52 bits per heavy atom. The number of terminal acetylenes is 1. The molecule has 0 aliphatic carbocycles. The molecule has 0 bridgehead atoms. The number of anilines is 1. The van der Waals surface area contributed by atoms with Crippen molar-refractivity contribution in [1.29, 1.82) is 0 Å². The second-order valence-corrected chi connectivity index (χ2v) is 5.57. The van der Waals surface area contributed by atoms with E-state index in [1.54, 1.807) is 24.3 Å². The van der Waals surface area contributed by atoms with Crippen molar-refractivity contribution in [2.45, 2.75) is 13.5 Å².